The first-order chi connectivity index (χ1) is 6.40. The van der Waals surface area contributed by atoms with Crippen LogP contribution in [-0.4, -0.2) is 19.8 Å². The molecule has 14 heavy (non-hydrogen) atoms. The zero-order chi connectivity index (χ0) is 10.8. The summed E-state index contributed by atoms with van der Waals surface area (Å²) in [5.41, 5.74) is -0.127. The Kier molecular flexibility index (Phi) is 2.90. The molecular formula is C9H9FO3S. The Bertz CT molecular complexity index is 463. The summed E-state index contributed by atoms with van der Waals surface area (Å²) < 4.78 is 34.6. The van der Waals surface area contributed by atoms with Crippen molar-refractivity contribution in [1.82, 2.24) is 0 Å². The molecule has 1 aromatic rings. The maximum atomic E-state index is 13.0. The van der Waals surface area contributed by atoms with Crippen molar-refractivity contribution in [3.8, 4) is 0 Å². The minimum atomic E-state index is -3.47. The van der Waals surface area contributed by atoms with Gasteiger partial charge in [0.05, 0.1) is 11.0 Å². The molecule has 1 rings (SSSR count). The van der Waals surface area contributed by atoms with Crippen LogP contribution in [-0.2, 0) is 9.84 Å². The van der Waals surface area contributed by atoms with Crippen LogP contribution in [0.2, 0.25) is 0 Å². The van der Waals surface area contributed by atoms with E-state index in [4.69, 9.17) is 0 Å². The highest BCUT2D eigenvalue weighted by Gasteiger charge is 2.08. The van der Waals surface area contributed by atoms with E-state index in [-0.39, 0.29) is 5.56 Å². The van der Waals surface area contributed by atoms with Crippen molar-refractivity contribution in [2.24, 2.45) is 0 Å². The van der Waals surface area contributed by atoms with E-state index >= 15 is 0 Å². The zero-order valence-corrected chi connectivity index (χ0v) is 8.25. The van der Waals surface area contributed by atoms with Gasteiger partial charge >= 0.3 is 0 Å². The summed E-state index contributed by atoms with van der Waals surface area (Å²) in [6.45, 7) is 0. The Morgan fingerprint density at radius 2 is 2.00 bits per heavy atom. The third-order valence-corrected chi connectivity index (χ3v) is 2.13. The Balaban J connectivity index is 3.20. The van der Waals surface area contributed by atoms with Crippen LogP contribution in [0.1, 0.15) is 5.56 Å². The van der Waals surface area contributed by atoms with Crippen LogP contribution in [0.25, 0.3) is 5.76 Å². The van der Waals surface area contributed by atoms with Gasteiger partial charge in [-0.1, -0.05) is 12.1 Å². The fourth-order valence-corrected chi connectivity index (χ4v) is 1.47. The molecule has 0 aliphatic heterocycles. The molecule has 0 saturated heterocycles. The third-order valence-electron chi connectivity index (χ3n) is 1.48. The number of rotatable bonds is 2. The molecule has 0 fully saturated rings. The fraction of sp³-hybridized carbons (Fsp3) is 0.111. The van der Waals surface area contributed by atoms with Crippen LogP contribution >= 0.6 is 0 Å². The van der Waals surface area contributed by atoms with Gasteiger partial charge in [0, 0.05) is 6.26 Å². The number of sulfone groups is 1. The smallest absolute Gasteiger partial charge is 0.172 e. The van der Waals surface area contributed by atoms with Crippen molar-refractivity contribution < 1.29 is 17.9 Å². The van der Waals surface area contributed by atoms with Gasteiger partial charge < -0.3 is 5.11 Å². The molecule has 0 amide bonds. The molecule has 0 aliphatic rings. The highest BCUT2D eigenvalue weighted by atomic mass is 32.2. The number of hydrogen-bond donors (Lipinski definition) is 1. The summed E-state index contributed by atoms with van der Waals surface area (Å²) in [6, 6.07) is 5.39. The molecule has 0 radical (unpaired) electrons. The second-order valence-corrected chi connectivity index (χ2v) is 4.71. The summed E-state index contributed by atoms with van der Waals surface area (Å²) in [5, 5.41) is 9.90. The normalized spacial score (nSPS) is 12.9. The summed E-state index contributed by atoms with van der Waals surface area (Å²) in [5.74, 6) is -1.25. The van der Waals surface area contributed by atoms with Gasteiger partial charge in [0.25, 0.3) is 0 Å². The van der Waals surface area contributed by atoms with Crippen molar-refractivity contribution in [3.05, 3.63) is 41.1 Å². The van der Waals surface area contributed by atoms with Crippen LogP contribution in [0.4, 0.5) is 4.39 Å². The first kappa shape index (κ1) is 10.7. The molecule has 0 saturated carbocycles. The van der Waals surface area contributed by atoms with Crippen LogP contribution in [0, 0.1) is 5.82 Å². The minimum absolute atomic E-state index is 0.127. The molecule has 1 N–H and O–H groups in total. The van der Waals surface area contributed by atoms with Gasteiger partial charge in [-0.3, -0.25) is 0 Å². The second-order valence-electron chi connectivity index (χ2n) is 2.81. The number of benzene rings is 1. The molecule has 5 heteroatoms. The van der Waals surface area contributed by atoms with Gasteiger partial charge in [0.1, 0.15) is 11.6 Å². The van der Waals surface area contributed by atoms with E-state index in [0.717, 1.165) is 12.3 Å². The summed E-state index contributed by atoms with van der Waals surface area (Å²) in [4.78, 5) is 0. The Morgan fingerprint density at radius 3 is 2.50 bits per heavy atom. The molecule has 0 unspecified atom stereocenters. The van der Waals surface area contributed by atoms with Gasteiger partial charge in [-0.2, -0.15) is 0 Å². The van der Waals surface area contributed by atoms with Gasteiger partial charge in [-0.05, 0) is 12.1 Å². The molecule has 1 aromatic carbocycles. The van der Waals surface area contributed by atoms with Crippen LogP contribution in [0.5, 0.6) is 0 Å². The second kappa shape index (κ2) is 3.79. The van der Waals surface area contributed by atoms with Gasteiger partial charge in [0.2, 0.25) is 0 Å². The monoisotopic (exact) mass is 216 g/mol. The van der Waals surface area contributed by atoms with E-state index in [2.05, 4.69) is 0 Å². The average Bonchev–Trinajstić information content (AvgIpc) is 2.01. The molecule has 0 aromatic heterocycles. The van der Waals surface area contributed by atoms with Crippen molar-refractivity contribution in [1.29, 1.82) is 0 Å². The highest BCUT2D eigenvalue weighted by molar-refractivity contribution is 7.93. The van der Waals surface area contributed by atoms with E-state index in [1.165, 1.54) is 18.2 Å². The topological polar surface area (TPSA) is 54.4 Å². The minimum Gasteiger partial charge on any atom is -0.506 e. The zero-order valence-electron chi connectivity index (χ0n) is 7.44. The molecule has 0 atom stereocenters. The molecule has 0 spiro atoms. The summed E-state index contributed by atoms with van der Waals surface area (Å²) >= 11 is 0. The number of hydrogen-bond acceptors (Lipinski definition) is 3. The lowest BCUT2D eigenvalue weighted by molar-refractivity contribution is 0.502. The van der Waals surface area contributed by atoms with E-state index in [1.54, 1.807) is 0 Å². The van der Waals surface area contributed by atoms with E-state index in [1.807, 2.05) is 0 Å². The van der Waals surface area contributed by atoms with Gasteiger partial charge in [-0.15, -0.1) is 0 Å². The quantitative estimate of drug-likeness (QED) is 0.766. The first-order valence-electron chi connectivity index (χ1n) is 3.76. The largest absolute Gasteiger partial charge is 0.506 e. The van der Waals surface area contributed by atoms with Crippen molar-refractivity contribution in [2.75, 3.05) is 6.26 Å². The van der Waals surface area contributed by atoms with E-state index < -0.39 is 21.4 Å². The molecule has 76 valence electrons. The molecule has 0 aliphatic carbocycles. The number of aliphatic hydroxyl groups is 1. The van der Waals surface area contributed by atoms with E-state index in [9.17, 15) is 17.9 Å². The standard InChI is InChI=1S/C9H9FO3S/c1-14(12,13)6-9(11)7-4-2-3-5-8(7)10/h2-6,11H,1H3. The number of halogens is 1. The highest BCUT2D eigenvalue weighted by Crippen LogP contribution is 2.15. The maximum Gasteiger partial charge on any atom is 0.172 e. The lowest BCUT2D eigenvalue weighted by Crippen LogP contribution is -1.94. The van der Waals surface area contributed by atoms with Gasteiger partial charge in [-0.25, -0.2) is 12.8 Å². The molecular weight excluding hydrogens is 207 g/mol. The van der Waals surface area contributed by atoms with Gasteiger partial charge in [0.15, 0.2) is 9.84 Å². The van der Waals surface area contributed by atoms with E-state index in [0.29, 0.717) is 5.41 Å². The molecule has 0 bridgehead atoms. The SMILES string of the molecule is CS(=O)(=O)C=C(O)c1ccccc1F. The fourth-order valence-electron chi connectivity index (χ4n) is 0.935. The van der Waals surface area contributed by atoms with Crippen LogP contribution in [0.3, 0.4) is 0 Å². The van der Waals surface area contributed by atoms with Crippen molar-refractivity contribution in [2.45, 2.75) is 0 Å². The first-order valence-corrected chi connectivity index (χ1v) is 5.71. The lowest BCUT2D eigenvalue weighted by Gasteiger charge is -2.00. The van der Waals surface area contributed by atoms with Crippen LogP contribution in [0.15, 0.2) is 29.7 Å². The lowest BCUT2D eigenvalue weighted by atomic mass is 10.2. The molecule has 0 heterocycles. The van der Waals surface area contributed by atoms with Crippen molar-refractivity contribution >= 4 is 15.6 Å². The summed E-state index contributed by atoms with van der Waals surface area (Å²) in [6.07, 6.45) is 0.921. The Hall–Kier alpha value is -1.36. The predicted molar refractivity (Wildman–Crippen MR) is 51.8 cm³/mol. The Labute approximate surface area is 81.4 Å². The summed E-state index contributed by atoms with van der Waals surface area (Å²) in [7, 11) is -3.47. The Morgan fingerprint density at radius 1 is 1.43 bits per heavy atom. The maximum absolute atomic E-state index is 13.0. The third kappa shape index (κ3) is 2.85. The number of aliphatic hydroxyl groups excluding tert-OH is 1. The van der Waals surface area contributed by atoms with Crippen LogP contribution < -0.4 is 0 Å². The van der Waals surface area contributed by atoms with Crippen molar-refractivity contribution in [3.63, 3.8) is 0 Å². The average molecular weight is 216 g/mol. The molecule has 3 nitrogen and oxygen atoms in total. The predicted octanol–water partition coefficient (Wildman–Crippen LogP) is 1.73.